The van der Waals surface area contributed by atoms with Crippen LogP contribution in [0.2, 0.25) is 0 Å². The largest absolute Gasteiger partial charge is 0.489 e. The second kappa shape index (κ2) is 12.0. The zero-order valence-electron chi connectivity index (χ0n) is 19.5. The van der Waals surface area contributed by atoms with Gasteiger partial charge in [0.1, 0.15) is 12.7 Å². The van der Waals surface area contributed by atoms with Crippen LogP contribution < -0.4 is 0 Å². The Morgan fingerprint density at radius 2 is 1.53 bits per heavy atom. The van der Waals surface area contributed by atoms with E-state index in [1.54, 1.807) is 0 Å². The van der Waals surface area contributed by atoms with Crippen LogP contribution in [0.15, 0.2) is 22.7 Å². The van der Waals surface area contributed by atoms with E-state index in [4.69, 9.17) is 9.47 Å². The predicted octanol–water partition coefficient (Wildman–Crippen LogP) is 2.03. The van der Waals surface area contributed by atoms with Gasteiger partial charge in [-0.2, -0.15) is 0 Å². The van der Waals surface area contributed by atoms with Gasteiger partial charge < -0.3 is 24.3 Å². The van der Waals surface area contributed by atoms with E-state index in [0.29, 0.717) is 0 Å². The Balaban J connectivity index is 3.03. The molecule has 2 atom stereocenters. The summed E-state index contributed by atoms with van der Waals surface area (Å²) in [4.78, 5) is 67.3. The fraction of sp³-hybridized carbons (Fsp3) is 0.650. The lowest BCUT2D eigenvalue weighted by molar-refractivity contribution is -0.790. The first kappa shape index (κ1) is 28.3. The third-order valence-corrected chi connectivity index (χ3v) is 5.65. The molecule has 1 aliphatic rings. The number of Topliss-reactive ketones (excluding diaryl/α,β-unsaturated/α-hetero) is 2. The Morgan fingerprint density at radius 1 is 1.00 bits per heavy atom. The summed E-state index contributed by atoms with van der Waals surface area (Å²) in [6.45, 7) is 3.82. The highest BCUT2D eigenvalue weighted by atomic mass is 17.0. The SMILES string of the molecule is COC1=C(OC)C(=O)C(C(C)(C)[C@H](CCCCC(CO[N+](=O)[O-])O[N+](=O)[O-])C(=O)O)=C(C)C1=O. The molecule has 0 aromatic heterocycles. The number of carboxylic acids is 1. The number of carbonyl (C=O) groups excluding carboxylic acids is 2. The fourth-order valence-corrected chi connectivity index (χ4v) is 4.04. The number of carboxylic acid groups (broad SMARTS) is 1. The number of methoxy groups -OCH3 is 2. The molecule has 1 aliphatic carbocycles. The molecular formula is C20H28N2O12. The summed E-state index contributed by atoms with van der Waals surface area (Å²) in [7, 11) is 2.42. The molecule has 34 heavy (non-hydrogen) atoms. The van der Waals surface area contributed by atoms with Crippen molar-refractivity contribution in [3.8, 4) is 0 Å². The van der Waals surface area contributed by atoms with Gasteiger partial charge >= 0.3 is 5.97 Å². The summed E-state index contributed by atoms with van der Waals surface area (Å²) in [5.74, 6) is -4.12. The van der Waals surface area contributed by atoms with Crippen molar-refractivity contribution in [3.63, 3.8) is 0 Å². The van der Waals surface area contributed by atoms with Crippen LogP contribution in [0.5, 0.6) is 0 Å². The van der Waals surface area contributed by atoms with Crippen molar-refractivity contribution in [1.29, 1.82) is 0 Å². The Morgan fingerprint density at radius 3 is 2.00 bits per heavy atom. The Labute approximate surface area is 194 Å². The molecule has 14 nitrogen and oxygen atoms in total. The minimum atomic E-state index is -1.29. The maximum absolute atomic E-state index is 13.1. The van der Waals surface area contributed by atoms with Crippen molar-refractivity contribution in [2.75, 3.05) is 20.8 Å². The number of allylic oxidation sites excluding steroid dienone is 2. The van der Waals surface area contributed by atoms with Crippen LogP contribution in [0.3, 0.4) is 0 Å². The van der Waals surface area contributed by atoms with E-state index < -0.39 is 51.8 Å². The molecule has 190 valence electrons. The molecule has 0 amide bonds. The fourth-order valence-electron chi connectivity index (χ4n) is 4.04. The van der Waals surface area contributed by atoms with Gasteiger partial charge in [0.2, 0.25) is 23.1 Å². The third kappa shape index (κ3) is 6.65. The summed E-state index contributed by atoms with van der Waals surface area (Å²) in [6.07, 6.45) is -0.705. The van der Waals surface area contributed by atoms with E-state index in [2.05, 4.69) is 9.68 Å². The molecule has 14 heteroatoms. The number of hydrogen-bond acceptors (Lipinski definition) is 11. The molecule has 1 rings (SSSR count). The highest BCUT2D eigenvalue weighted by molar-refractivity contribution is 6.24. The monoisotopic (exact) mass is 488 g/mol. The summed E-state index contributed by atoms with van der Waals surface area (Å²) in [5, 5.41) is 28.6. The van der Waals surface area contributed by atoms with Gasteiger partial charge in [-0.15, -0.1) is 20.2 Å². The summed E-state index contributed by atoms with van der Waals surface area (Å²) < 4.78 is 10.1. The second-order valence-corrected chi connectivity index (χ2v) is 8.09. The van der Waals surface area contributed by atoms with E-state index in [1.165, 1.54) is 35.0 Å². The number of hydrogen-bond donors (Lipinski definition) is 1. The molecule has 0 fully saturated rings. The number of ketones is 2. The Hall–Kier alpha value is -3.71. The molecular weight excluding hydrogens is 460 g/mol. The van der Waals surface area contributed by atoms with Crippen molar-refractivity contribution in [2.24, 2.45) is 11.3 Å². The summed E-state index contributed by atoms with van der Waals surface area (Å²) >= 11 is 0. The smallest absolute Gasteiger partial charge is 0.307 e. The van der Waals surface area contributed by atoms with Crippen LogP contribution in [0, 0.1) is 31.6 Å². The summed E-state index contributed by atoms with van der Waals surface area (Å²) in [5.41, 5.74) is -1.25. The van der Waals surface area contributed by atoms with E-state index in [0.717, 1.165) is 0 Å². The lowest BCUT2D eigenvalue weighted by Crippen LogP contribution is -2.39. The molecule has 0 saturated heterocycles. The quantitative estimate of drug-likeness (QED) is 0.153. The molecule has 0 heterocycles. The number of ether oxygens (including phenoxy) is 2. The molecule has 1 unspecified atom stereocenters. The van der Waals surface area contributed by atoms with Crippen molar-refractivity contribution in [1.82, 2.24) is 0 Å². The Kier molecular flexibility index (Phi) is 9.95. The van der Waals surface area contributed by atoms with Gasteiger partial charge in [0.25, 0.3) is 10.2 Å². The van der Waals surface area contributed by atoms with Crippen LogP contribution in [-0.4, -0.2) is 59.7 Å². The number of unbranched alkanes of at least 4 members (excludes halogenated alkanes) is 1. The third-order valence-electron chi connectivity index (χ3n) is 5.65. The number of nitrogens with zero attached hydrogens (tertiary/aromatic N) is 2. The molecule has 0 radical (unpaired) electrons. The molecule has 0 aromatic rings. The van der Waals surface area contributed by atoms with Crippen molar-refractivity contribution >= 4 is 17.5 Å². The number of rotatable bonds is 15. The number of carbonyl (C=O) groups is 3. The lowest BCUT2D eigenvalue weighted by Gasteiger charge is -2.36. The Bertz CT molecular complexity index is 905. The first-order chi connectivity index (χ1) is 15.8. The first-order valence-corrected chi connectivity index (χ1v) is 10.2. The van der Waals surface area contributed by atoms with Gasteiger partial charge in [-0.25, -0.2) is 0 Å². The summed E-state index contributed by atoms with van der Waals surface area (Å²) in [6, 6.07) is 0. The normalized spacial score (nSPS) is 16.1. The molecule has 0 aliphatic heterocycles. The van der Waals surface area contributed by atoms with Crippen LogP contribution in [-0.2, 0) is 33.5 Å². The van der Waals surface area contributed by atoms with Crippen molar-refractivity contribution < 1.29 is 48.8 Å². The maximum Gasteiger partial charge on any atom is 0.307 e. The molecule has 0 saturated carbocycles. The van der Waals surface area contributed by atoms with Gasteiger partial charge in [0.15, 0.2) is 0 Å². The molecule has 0 aromatic carbocycles. The van der Waals surface area contributed by atoms with E-state index in [9.17, 15) is 39.7 Å². The standard InChI is InChI=1S/C20H28N2O12/c1-11-14(16(24)18(32-5)17(31-4)15(11)23)20(2,3)13(19(25)26)9-7-6-8-12(34-22(29)30)10-33-21(27)28/h12-13H,6-10H2,1-5H3,(H,25,26)/t12?,13-/m1/s1. The zero-order valence-corrected chi connectivity index (χ0v) is 19.5. The molecule has 0 bridgehead atoms. The van der Waals surface area contributed by atoms with E-state index in [1.807, 2.05) is 0 Å². The van der Waals surface area contributed by atoms with E-state index in [-0.39, 0.29) is 48.3 Å². The molecule has 1 N–H and O–H groups in total. The van der Waals surface area contributed by atoms with Crippen LogP contribution >= 0.6 is 0 Å². The molecule has 0 spiro atoms. The van der Waals surface area contributed by atoms with Gasteiger partial charge in [-0.05, 0) is 19.8 Å². The van der Waals surface area contributed by atoms with Gasteiger partial charge in [0.05, 0.1) is 20.1 Å². The van der Waals surface area contributed by atoms with E-state index >= 15 is 0 Å². The van der Waals surface area contributed by atoms with Crippen LogP contribution in [0.4, 0.5) is 0 Å². The van der Waals surface area contributed by atoms with Crippen molar-refractivity contribution in [2.45, 2.75) is 52.6 Å². The average molecular weight is 488 g/mol. The maximum atomic E-state index is 13.1. The lowest BCUT2D eigenvalue weighted by atomic mass is 9.66. The highest BCUT2D eigenvalue weighted by Gasteiger charge is 2.47. The zero-order chi connectivity index (χ0) is 26.2. The second-order valence-electron chi connectivity index (χ2n) is 8.09. The van der Waals surface area contributed by atoms with Gasteiger partial charge in [0, 0.05) is 16.6 Å². The van der Waals surface area contributed by atoms with Gasteiger partial charge in [-0.3, -0.25) is 14.4 Å². The van der Waals surface area contributed by atoms with Crippen LogP contribution in [0.25, 0.3) is 0 Å². The van der Waals surface area contributed by atoms with Gasteiger partial charge in [-0.1, -0.05) is 26.7 Å². The minimum Gasteiger partial charge on any atom is -0.489 e. The minimum absolute atomic E-state index is 0.00325. The van der Waals surface area contributed by atoms with Crippen LogP contribution in [0.1, 0.15) is 46.5 Å². The topological polar surface area (TPSA) is 195 Å². The average Bonchev–Trinajstić information content (AvgIpc) is 2.72. The first-order valence-electron chi connectivity index (χ1n) is 10.2. The predicted molar refractivity (Wildman–Crippen MR) is 112 cm³/mol. The van der Waals surface area contributed by atoms with Crippen molar-refractivity contribution in [3.05, 3.63) is 42.9 Å². The highest BCUT2D eigenvalue weighted by Crippen LogP contribution is 2.44. The number of aliphatic carboxylic acids is 1.